The molecule has 374 valence electrons. The van der Waals surface area contributed by atoms with Gasteiger partial charge in [-0.15, -0.1) is 0 Å². The Morgan fingerprint density at radius 1 is 0.323 bits per heavy atom. The maximum atomic E-state index is 12.7. The van der Waals surface area contributed by atoms with Crippen molar-refractivity contribution in [2.24, 2.45) is 0 Å². The average Bonchev–Trinajstić information content (AvgIpc) is 3.30. The van der Waals surface area contributed by atoms with Crippen molar-refractivity contribution in [1.29, 1.82) is 0 Å². The molecule has 6 nitrogen and oxygen atoms in total. The summed E-state index contributed by atoms with van der Waals surface area (Å²) in [6.45, 7) is 6.40. The predicted octanol–water partition coefficient (Wildman–Crippen LogP) is 18.2. The van der Waals surface area contributed by atoms with Gasteiger partial charge in [0.2, 0.25) is 0 Å². The van der Waals surface area contributed by atoms with E-state index < -0.39 is 6.10 Å². The van der Waals surface area contributed by atoms with E-state index in [1.807, 2.05) is 0 Å². The molecular formula is C59H102O6. The Morgan fingerprint density at radius 3 is 0.969 bits per heavy atom. The lowest BCUT2D eigenvalue weighted by molar-refractivity contribution is -0.167. The van der Waals surface area contributed by atoms with Crippen LogP contribution in [0, 0.1) is 0 Å². The normalized spacial score (nSPS) is 12.6. The molecule has 0 heterocycles. The highest BCUT2D eigenvalue weighted by Crippen LogP contribution is 2.15. The minimum absolute atomic E-state index is 0.0913. The Kier molecular flexibility index (Phi) is 50.9. The fraction of sp³-hybridized carbons (Fsp3) is 0.746. The van der Waals surface area contributed by atoms with Gasteiger partial charge in [0.25, 0.3) is 0 Å². The van der Waals surface area contributed by atoms with Crippen molar-refractivity contribution >= 4 is 17.9 Å². The zero-order valence-electron chi connectivity index (χ0n) is 42.7. The maximum Gasteiger partial charge on any atom is 0.306 e. The van der Waals surface area contributed by atoms with E-state index in [2.05, 4.69) is 93.7 Å². The smallest absolute Gasteiger partial charge is 0.306 e. The zero-order chi connectivity index (χ0) is 47.2. The molecular weight excluding hydrogens is 805 g/mol. The van der Waals surface area contributed by atoms with Crippen LogP contribution in [0.2, 0.25) is 0 Å². The van der Waals surface area contributed by atoms with Crippen molar-refractivity contribution in [3.05, 3.63) is 72.9 Å². The third kappa shape index (κ3) is 51.7. The molecule has 0 spiro atoms. The molecule has 0 saturated heterocycles. The monoisotopic (exact) mass is 907 g/mol. The molecule has 1 unspecified atom stereocenters. The van der Waals surface area contributed by atoms with Crippen molar-refractivity contribution < 1.29 is 28.6 Å². The molecule has 0 saturated carbocycles. The average molecular weight is 907 g/mol. The van der Waals surface area contributed by atoms with E-state index in [9.17, 15) is 14.4 Å². The summed E-state index contributed by atoms with van der Waals surface area (Å²) in [6.07, 6.45) is 68.1. The van der Waals surface area contributed by atoms with Crippen LogP contribution in [-0.4, -0.2) is 37.2 Å². The first-order valence-corrected chi connectivity index (χ1v) is 27.4. The van der Waals surface area contributed by atoms with Gasteiger partial charge in [0.15, 0.2) is 6.10 Å². The van der Waals surface area contributed by atoms with Gasteiger partial charge in [-0.1, -0.05) is 229 Å². The van der Waals surface area contributed by atoms with Gasteiger partial charge in [-0.3, -0.25) is 14.4 Å². The van der Waals surface area contributed by atoms with Crippen LogP contribution in [0.4, 0.5) is 0 Å². The molecule has 6 heteroatoms. The summed E-state index contributed by atoms with van der Waals surface area (Å²) in [5.74, 6) is -0.945. The number of hydrogen-bond donors (Lipinski definition) is 0. The van der Waals surface area contributed by atoms with Gasteiger partial charge < -0.3 is 14.2 Å². The van der Waals surface area contributed by atoms with Crippen molar-refractivity contribution in [3.63, 3.8) is 0 Å². The van der Waals surface area contributed by atoms with Crippen LogP contribution in [0.15, 0.2) is 72.9 Å². The third-order valence-corrected chi connectivity index (χ3v) is 11.7. The Labute approximate surface area is 402 Å². The SMILES string of the molecule is CC/C=C\C/C=C\C/C=C\C/C=C\CCCCC(=O)OC(COC(=O)CCCCCCC)COC(=O)CCCCCCCCCCCCCCCCC/C=C\C/C=C\CCCCCCC. The third-order valence-electron chi connectivity index (χ3n) is 11.7. The summed E-state index contributed by atoms with van der Waals surface area (Å²) in [4.78, 5) is 37.7. The highest BCUT2D eigenvalue weighted by molar-refractivity contribution is 5.71. The largest absolute Gasteiger partial charge is 0.462 e. The molecule has 0 aliphatic carbocycles. The second-order valence-corrected chi connectivity index (χ2v) is 18.1. The van der Waals surface area contributed by atoms with Gasteiger partial charge >= 0.3 is 17.9 Å². The molecule has 0 rings (SSSR count). The van der Waals surface area contributed by atoms with E-state index in [4.69, 9.17) is 14.2 Å². The van der Waals surface area contributed by atoms with Crippen LogP contribution in [0.5, 0.6) is 0 Å². The highest BCUT2D eigenvalue weighted by atomic mass is 16.6. The maximum absolute atomic E-state index is 12.7. The standard InChI is InChI=1S/C59H102O6/c1-4-7-10-13-15-17-19-21-23-24-25-26-27-28-29-30-31-32-33-34-36-37-39-41-43-46-49-52-58(61)64-55-56(54-63-57(60)51-48-45-12-9-6-3)65-59(62)53-50-47-44-42-40-38-35-22-20-18-16-14-11-8-5-2/h8,11,16,18-19,21-22,24-25,35,40,42,56H,4-7,9-10,12-15,17,20,23,26-34,36-39,41,43-55H2,1-3H3/b11-8-,18-16-,21-19-,25-24-,35-22-,42-40-. The molecule has 0 aromatic carbocycles. The molecule has 0 amide bonds. The summed E-state index contributed by atoms with van der Waals surface area (Å²) in [7, 11) is 0. The van der Waals surface area contributed by atoms with E-state index in [1.54, 1.807) is 0 Å². The number of carbonyl (C=O) groups is 3. The Balaban J connectivity index is 4.07. The van der Waals surface area contributed by atoms with Crippen LogP contribution >= 0.6 is 0 Å². The molecule has 0 N–H and O–H groups in total. The van der Waals surface area contributed by atoms with Crippen LogP contribution in [0.3, 0.4) is 0 Å². The molecule has 0 aliphatic rings. The zero-order valence-corrected chi connectivity index (χ0v) is 42.7. The van der Waals surface area contributed by atoms with Crippen molar-refractivity contribution in [3.8, 4) is 0 Å². The molecule has 0 aromatic heterocycles. The fourth-order valence-corrected chi connectivity index (χ4v) is 7.58. The lowest BCUT2D eigenvalue weighted by Gasteiger charge is -2.18. The molecule has 0 bridgehead atoms. The van der Waals surface area contributed by atoms with Gasteiger partial charge in [0, 0.05) is 19.3 Å². The van der Waals surface area contributed by atoms with Gasteiger partial charge in [-0.2, -0.15) is 0 Å². The van der Waals surface area contributed by atoms with Crippen molar-refractivity contribution in [1.82, 2.24) is 0 Å². The molecule has 0 aromatic rings. The second kappa shape index (κ2) is 53.5. The highest BCUT2D eigenvalue weighted by Gasteiger charge is 2.19. The number of carbonyl (C=O) groups excluding carboxylic acids is 3. The number of allylic oxidation sites excluding steroid dienone is 12. The quantitative estimate of drug-likeness (QED) is 0.0262. The van der Waals surface area contributed by atoms with E-state index in [0.717, 1.165) is 89.9 Å². The first-order chi connectivity index (χ1) is 32.0. The summed E-state index contributed by atoms with van der Waals surface area (Å²) in [5.41, 5.74) is 0. The number of ether oxygens (including phenoxy) is 3. The van der Waals surface area contributed by atoms with E-state index in [-0.39, 0.29) is 37.5 Å². The van der Waals surface area contributed by atoms with E-state index in [1.165, 1.54) is 128 Å². The summed E-state index contributed by atoms with van der Waals surface area (Å²) >= 11 is 0. The molecule has 0 radical (unpaired) electrons. The summed E-state index contributed by atoms with van der Waals surface area (Å²) in [5, 5.41) is 0. The van der Waals surface area contributed by atoms with Crippen LogP contribution < -0.4 is 0 Å². The van der Waals surface area contributed by atoms with E-state index >= 15 is 0 Å². The lowest BCUT2D eigenvalue weighted by atomic mass is 10.0. The predicted molar refractivity (Wildman–Crippen MR) is 279 cm³/mol. The Hall–Kier alpha value is -3.15. The molecule has 0 aliphatic heterocycles. The topological polar surface area (TPSA) is 78.9 Å². The van der Waals surface area contributed by atoms with Crippen LogP contribution in [0.1, 0.15) is 265 Å². The Morgan fingerprint density at radius 2 is 0.600 bits per heavy atom. The lowest BCUT2D eigenvalue weighted by Crippen LogP contribution is -2.30. The fourth-order valence-electron chi connectivity index (χ4n) is 7.58. The Bertz CT molecular complexity index is 1230. The van der Waals surface area contributed by atoms with E-state index in [0.29, 0.717) is 19.3 Å². The van der Waals surface area contributed by atoms with Gasteiger partial charge in [0.05, 0.1) is 0 Å². The summed E-state index contributed by atoms with van der Waals surface area (Å²) < 4.78 is 16.6. The number of unbranched alkanes of at least 4 members (excludes halogenated alkanes) is 26. The minimum atomic E-state index is -0.792. The van der Waals surface area contributed by atoms with Gasteiger partial charge in [0.1, 0.15) is 13.2 Å². The summed E-state index contributed by atoms with van der Waals surface area (Å²) in [6, 6.07) is 0. The number of esters is 3. The minimum Gasteiger partial charge on any atom is -0.462 e. The number of rotatable bonds is 49. The van der Waals surface area contributed by atoms with Gasteiger partial charge in [-0.25, -0.2) is 0 Å². The molecule has 1 atom stereocenters. The van der Waals surface area contributed by atoms with Gasteiger partial charge in [-0.05, 0) is 89.9 Å². The molecule has 0 fully saturated rings. The second-order valence-electron chi connectivity index (χ2n) is 18.1. The number of hydrogen-bond acceptors (Lipinski definition) is 6. The van der Waals surface area contributed by atoms with Crippen molar-refractivity contribution in [2.75, 3.05) is 13.2 Å². The van der Waals surface area contributed by atoms with Crippen LogP contribution in [0.25, 0.3) is 0 Å². The first-order valence-electron chi connectivity index (χ1n) is 27.4. The van der Waals surface area contributed by atoms with Crippen molar-refractivity contribution in [2.45, 2.75) is 271 Å². The first kappa shape index (κ1) is 61.9. The van der Waals surface area contributed by atoms with Crippen LogP contribution in [-0.2, 0) is 28.6 Å². The molecule has 65 heavy (non-hydrogen) atoms.